The second-order valence-corrected chi connectivity index (χ2v) is 6.66. The summed E-state index contributed by atoms with van der Waals surface area (Å²) in [5.41, 5.74) is 0.409. The van der Waals surface area contributed by atoms with Crippen LogP contribution in [0.2, 0.25) is 0 Å². The zero-order valence-corrected chi connectivity index (χ0v) is 14.1. The number of aromatic nitrogens is 1. The number of esters is 1. The van der Waals surface area contributed by atoms with Crippen molar-refractivity contribution in [3.63, 3.8) is 0 Å². The first-order valence-electron chi connectivity index (χ1n) is 8.57. The van der Waals surface area contributed by atoms with Gasteiger partial charge < -0.3 is 14.5 Å². The van der Waals surface area contributed by atoms with Crippen LogP contribution in [-0.4, -0.2) is 17.6 Å². The van der Waals surface area contributed by atoms with Crippen LogP contribution < -0.4 is 10.2 Å². The van der Waals surface area contributed by atoms with Crippen LogP contribution in [0, 0.1) is 11.8 Å². The lowest BCUT2D eigenvalue weighted by Crippen LogP contribution is -2.20. The lowest BCUT2D eigenvalue weighted by Gasteiger charge is -2.19. The minimum absolute atomic E-state index is 0.0223. The molecular weight excluding hydrogens is 294 g/mol. The summed E-state index contributed by atoms with van der Waals surface area (Å²) in [7, 11) is 0. The smallest absolute Gasteiger partial charge is 0.309 e. The van der Waals surface area contributed by atoms with Crippen molar-refractivity contribution in [2.75, 3.05) is 6.61 Å². The first-order chi connectivity index (χ1) is 11.1. The van der Waals surface area contributed by atoms with Gasteiger partial charge >= 0.3 is 5.97 Å². The molecule has 0 aromatic carbocycles. The molecule has 5 heteroatoms. The maximum absolute atomic E-state index is 12.0. The highest BCUT2D eigenvalue weighted by Crippen LogP contribution is 2.24. The van der Waals surface area contributed by atoms with Gasteiger partial charge in [-0.15, -0.1) is 0 Å². The van der Waals surface area contributed by atoms with Crippen molar-refractivity contribution in [2.45, 2.75) is 59.0 Å². The number of carbonyl (C=O) groups is 1. The Morgan fingerprint density at radius 3 is 2.70 bits per heavy atom. The molecule has 0 spiro atoms. The van der Waals surface area contributed by atoms with Crippen LogP contribution in [0.1, 0.15) is 58.1 Å². The van der Waals surface area contributed by atoms with E-state index in [-0.39, 0.29) is 23.9 Å². The van der Waals surface area contributed by atoms with Gasteiger partial charge in [-0.1, -0.05) is 33.1 Å². The summed E-state index contributed by atoms with van der Waals surface area (Å²) in [5.74, 6) is 0.720. The number of carbonyl (C=O) groups excluding carboxylic acids is 1. The van der Waals surface area contributed by atoms with E-state index in [0.29, 0.717) is 24.0 Å². The Bertz CT molecular complexity index is 558. The van der Waals surface area contributed by atoms with Gasteiger partial charge in [0.2, 0.25) is 5.43 Å². The number of nitrogens with one attached hydrogen (secondary N) is 1. The zero-order chi connectivity index (χ0) is 16.7. The normalized spacial score (nSPS) is 15.6. The maximum atomic E-state index is 12.0. The number of hydrogen-bond acceptors (Lipinski definition) is 4. The molecule has 1 aromatic heterocycles. The second kappa shape index (κ2) is 8.75. The Balaban J connectivity index is 1.82. The van der Waals surface area contributed by atoms with Gasteiger partial charge in [-0.2, -0.15) is 0 Å². The van der Waals surface area contributed by atoms with Crippen molar-refractivity contribution in [2.24, 2.45) is 11.8 Å². The highest BCUT2D eigenvalue weighted by atomic mass is 16.5. The second-order valence-electron chi connectivity index (χ2n) is 6.66. The summed E-state index contributed by atoms with van der Waals surface area (Å²) in [6.45, 7) is 4.85. The van der Waals surface area contributed by atoms with Gasteiger partial charge in [0.15, 0.2) is 5.75 Å². The van der Waals surface area contributed by atoms with Crippen LogP contribution in [-0.2, 0) is 16.1 Å². The van der Waals surface area contributed by atoms with Gasteiger partial charge in [-0.25, -0.2) is 0 Å². The Labute approximate surface area is 137 Å². The van der Waals surface area contributed by atoms with Crippen LogP contribution in [0.4, 0.5) is 0 Å². The molecule has 0 unspecified atom stereocenters. The third kappa shape index (κ3) is 5.73. The minimum atomic E-state index is -0.184. The number of pyridine rings is 1. The molecule has 1 aliphatic carbocycles. The third-order valence-corrected chi connectivity index (χ3v) is 4.20. The van der Waals surface area contributed by atoms with Crippen molar-refractivity contribution in [3.8, 4) is 5.75 Å². The zero-order valence-electron chi connectivity index (χ0n) is 14.1. The average molecular weight is 321 g/mol. The van der Waals surface area contributed by atoms with E-state index in [0.717, 1.165) is 32.1 Å². The van der Waals surface area contributed by atoms with E-state index < -0.39 is 0 Å². The van der Waals surface area contributed by atoms with Crippen molar-refractivity contribution < 1.29 is 14.3 Å². The molecule has 5 nitrogen and oxygen atoms in total. The predicted molar refractivity (Wildman–Crippen MR) is 88.4 cm³/mol. The molecule has 1 N–H and O–H groups in total. The van der Waals surface area contributed by atoms with Gasteiger partial charge in [0.1, 0.15) is 6.61 Å². The van der Waals surface area contributed by atoms with E-state index >= 15 is 0 Å². The van der Waals surface area contributed by atoms with Crippen LogP contribution in [0.25, 0.3) is 0 Å². The third-order valence-electron chi connectivity index (χ3n) is 4.20. The van der Waals surface area contributed by atoms with Crippen molar-refractivity contribution >= 4 is 5.97 Å². The fourth-order valence-corrected chi connectivity index (χ4v) is 2.71. The molecule has 0 radical (unpaired) electrons. The first kappa shape index (κ1) is 17.6. The lowest BCUT2D eigenvalue weighted by atomic mass is 9.89. The molecule has 0 aliphatic heterocycles. The van der Waals surface area contributed by atoms with Crippen LogP contribution in [0.3, 0.4) is 0 Å². The molecule has 1 saturated carbocycles. The summed E-state index contributed by atoms with van der Waals surface area (Å²) < 4.78 is 10.8. The summed E-state index contributed by atoms with van der Waals surface area (Å²) >= 11 is 0. The number of ether oxygens (including phenoxy) is 2. The molecule has 2 rings (SSSR count). The Kier molecular flexibility index (Phi) is 6.68. The Morgan fingerprint density at radius 1 is 1.30 bits per heavy atom. The SMILES string of the molecule is CC(C)CCOc1c[nH]c(COC(=O)C2CCCCC2)cc1=O. The largest absolute Gasteiger partial charge is 0.488 e. The van der Waals surface area contributed by atoms with Crippen LogP contribution in [0.5, 0.6) is 5.75 Å². The summed E-state index contributed by atoms with van der Waals surface area (Å²) in [6, 6.07) is 1.44. The van der Waals surface area contributed by atoms with E-state index in [4.69, 9.17) is 9.47 Å². The molecule has 0 atom stereocenters. The van der Waals surface area contributed by atoms with Gasteiger partial charge in [-0.05, 0) is 25.2 Å². The van der Waals surface area contributed by atoms with Crippen molar-refractivity contribution in [3.05, 3.63) is 28.2 Å². The van der Waals surface area contributed by atoms with Gasteiger partial charge in [0, 0.05) is 12.3 Å². The van der Waals surface area contributed by atoms with Gasteiger partial charge in [-0.3, -0.25) is 9.59 Å². The van der Waals surface area contributed by atoms with E-state index in [9.17, 15) is 9.59 Å². The number of aromatic amines is 1. The Morgan fingerprint density at radius 2 is 2.04 bits per heavy atom. The molecule has 0 saturated heterocycles. The number of hydrogen-bond donors (Lipinski definition) is 1. The summed E-state index contributed by atoms with van der Waals surface area (Å²) in [6.07, 6.45) is 7.68. The highest BCUT2D eigenvalue weighted by Gasteiger charge is 2.22. The van der Waals surface area contributed by atoms with Gasteiger partial charge in [0.25, 0.3) is 0 Å². The Hall–Kier alpha value is -1.78. The summed E-state index contributed by atoms with van der Waals surface area (Å²) in [5, 5.41) is 0. The lowest BCUT2D eigenvalue weighted by molar-refractivity contribution is -0.151. The van der Waals surface area contributed by atoms with E-state index in [1.807, 2.05) is 0 Å². The van der Waals surface area contributed by atoms with Crippen LogP contribution in [0.15, 0.2) is 17.1 Å². The number of H-pyrrole nitrogens is 1. The topological polar surface area (TPSA) is 68.4 Å². The van der Waals surface area contributed by atoms with Crippen molar-refractivity contribution in [1.29, 1.82) is 0 Å². The van der Waals surface area contributed by atoms with Crippen LogP contribution >= 0.6 is 0 Å². The molecule has 1 heterocycles. The van der Waals surface area contributed by atoms with E-state index in [2.05, 4.69) is 18.8 Å². The minimum Gasteiger partial charge on any atom is -0.488 e. The molecule has 23 heavy (non-hydrogen) atoms. The first-order valence-corrected chi connectivity index (χ1v) is 8.57. The monoisotopic (exact) mass is 321 g/mol. The summed E-state index contributed by atoms with van der Waals surface area (Å²) in [4.78, 5) is 26.9. The number of rotatable bonds is 7. The fraction of sp³-hybridized carbons (Fsp3) is 0.667. The average Bonchev–Trinajstić information content (AvgIpc) is 2.55. The molecule has 0 amide bonds. The maximum Gasteiger partial charge on any atom is 0.309 e. The quantitative estimate of drug-likeness (QED) is 0.781. The van der Waals surface area contributed by atoms with E-state index in [1.165, 1.54) is 12.5 Å². The van der Waals surface area contributed by atoms with E-state index in [1.54, 1.807) is 6.20 Å². The molecule has 1 aromatic rings. The molecular formula is C18H27NO4. The fourth-order valence-electron chi connectivity index (χ4n) is 2.71. The molecule has 0 bridgehead atoms. The van der Waals surface area contributed by atoms with Crippen molar-refractivity contribution in [1.82, 2.24) is 4.98 Å². The molecule has 1 aliphatic rings. The van der Waals surface area contributed by atoms with Gasteiger partial charge in [0.05, 0.1) is 18.2 Å². The molecule has 128 valence electrons. The molecule has 1 fully saturated rings. The predicted octanol–water partition coefficient (Wildman–Crippen LogP) is 3.42. The highest BCUT2D eigenvalue weighted by molar-refractivity contribution is 5.72. The standard InChI is InChI=1S/C18H27NO4/c1-13(2)8-9-22-17-11-19-15(10-16(17)20)12-23-18(21)14-6-4-3-5-7-14/h10-11,13-14H,3-9,12H2,1-2H3,(H,19,20).